The van der Waals surface area contributed by atoms with E-state index in [2.05, 4.69) is 37.7 Å². The van der Waals surface area contributed by atoms with Gasteiger partial charge in [0.05, 0.1) is 0 Å². The lowest BCUT2D eigenvalue weighted by atomic mass is 10.1. The molecule has 0 bridgehead atoms. The zero-order valence-corrected chi connectivity index (χ0v) is 15.7. The lowest BCUT2D eigenvalue weighted by Crippen LogP contribution is -2.23. The Bertz CT molecular complexity index is 730. The monoisotopic (exact) mass is 359 g/mol. The minimum absolute atomic E-state index is 0.0170. The summed E-state index contributed by atoms with van der Waals surface area (Å²) in [6.45, 7) is 6.48. The Morgan fingerprint density at radius 1 is 1.15 bits per heavy atom. The van der Waals surface area contributed by atoms with E-state index in [0.29, 0.717) is 0 Å². The van der Waals surface area contributed by atoms with Gasteiger partial charge < -0.3 is 5.32 Å². The minimum atomic E-state index is -1.74. The summed E-state index contributed by atoms with van der Waals surface area (Å²) in [5, 5.41) is 5.74. The quantitative estimate of drug-likeness (QED) is 0.748. The molecule has 7 heteroatoms. The van der Waals surface area contributed by atoms with Gasteiger partial charge in [0.25, 0.3) is 0 Å². The van der Waals surface area contributed by atoms with Crippen LogP contribution in [-0.4, -0.2) is 26.9 Å². The number of amides is 1. The van der Waals surface area contributed by atoms with Gasteiger partial charge in [0.15, 0.2) is 11.5 Å². The first-order valence-electron chi connectivity index (χ1n) is 8.83. The van der Waals surface area contributed by atoms with E-state index < -0.39 is 5.67 Å². The molecule has 26 heavy (non-hydrogen) atoms. The van der Waals surface area contributed by atoms with E-state index in [-0.39, 0.29) is 36.1 Å². The lowest BCUT2D eigenvalue weighted by Gasteiger charge is -2.18. The standard InChI is InChI=1S/C19H26FN5O/c1-5-15(26)22-18-24-16(19(3,4)20)23-17(25-18)21-13(2)11-12-14-9-7-6-8-10-14/h6-10,13H,5,11-12H2,1-4H3,(H2,21,22,23,24,25,26)/t13-/m1/s1. The van der Waals surface area contributed by atoms with Crippen molar-refractivity contribution in [2.75, 3.05) is 10.6 Å². The van der Waals surface area contributed by atoms with E-state index in [9.17, 15) is 9.18 Å². The molecule has 0 aliphatic heterocycles. The van der Waals surface area contributed by atoms with Crippen LogP contribution in [0.15, 0.2) is 30.3 Å². The lowest BCUT2D eigenvalue weighted by molar-refractivity contribution is -0.115. The number of alkyl halides is 1. The number of nitrogens with zero attached hydrogens (tertiary/aromatic N) is 3. The second kappa shape index (κ2) is 8.69. The molecule has 2 rings (SSSR count). The second-order valence-electron chi connectivity index (χ2n) is 6.75. The number of carbonyl (C=O) groups is 1. The summed E-state index contributed by atoms with van der Waals surface area (Å²) in [4.78, 5) is 24.0. The molecule has 1 amide bonds. The SMILES string of the molecule is CCC(=O)Nc1nc(N[C@H](C)CCc2ccccc2)nc(C(C)(C)F)n1. The van der Waals surface area contributed by atoms with Crippen molar-refractivity contribution in [1.82, 2.24) is 15.0 Å². The Labute approximate surface area is 153 Å². The van der Waals surface area contributed by atoms with Gasteiger partial charge in [-0.1, -0.05) is 37.3 Å². The molecular weight excluding hydrogens is 333 g/mol. The van der Waals surface area contributed by atoms with Crippen LogP contribution in [-0.2, 0) is 16.9 Å². The molecule has 1 aromatic carbocycles. The molecule has 0 spiro atoms. The third kappa shape index (κ3) is 6.06. The van der Waals surface area contributed by atoms with Crippen molar-refractivity contribution >= 4 is 17.8 Å². The molecule has 1 heterocycles. The van der Waals surface area contributed by atoms with Crippen LogP contribution in [0.5, 0.6) is 0 Å². The Kier molecular flexibility index (Phi) is 6.60. The maximum Gasteiger partial charge on any atom is 0.234 e. The van der Waals surface area contributed by atoms with Crippen molar-refractivity contribution in [2.45, 2.75) is 58.7 Å². The number of benzene rings is 1. The van der Waals surface area contributed by atoms with Gasteiger partial charge in [0, 0.05) is 12.5 Å². The average Bonchev–Trinajstić information content (AvgIpc) is 2.60. The second-order valence-corrected chi connectivity index (χ2v) is 6.75. The molecule has 2 aromatic rings. The van der Waals surface area contributed by atoms with Crippen molar-refractivity contribution in [3.63, 3.8) is 0 Å². The summed E-state index contributed by atoms with van der Waals surface area (Å²) in [6, 6.07) is 10.2. The van der Waals surface area contributed by atoms with Crippen molar-refractivity contribution in [3.05, 3.63) is 41.7 Å². The van der Waals surface area contributed by atoms with Crippen molar-refractivity contribution in [1.29, 1.82) is 0 Å². The van der Waals surface area contributed by atoms with E-state index in [1.807, 2.05) is 25.1 Å². The van der Waals surface area contributed by atoms with Crippen LogP contribution in [0, 0.1) is 0 Å². The van der Waals surface area contributed by atoms with Crippen LogP contribution in [0.25, 0.3) is 0 Å². The highest BCUT2D eigenvalue weighted by molar-refractivity contribution is 5.88. The fourth-order valence-corrected chi connectivity index (χ4v) is 2.30. The Balaban J connectivity index is 2.10. The van der Waals surface area contributed by atoms with Crippen LogP contribution in [0.2, 0.25) is 0 Å². The fourth-order valence-electron chi connectivity index (χ4n) is 2.30. The zero-order chi connectivity index (χ0) is 19.2. The first-order chi connectivity index (χ1) is 12.3. The normalized spacial score (nSPS) is 12.5. The number of aromatic nitrogens is 3. The summed E-state index contributed by atoms with van der Waals surface area (Å²) in [6.07, 6.45) is 2.05. The first kappa shape index (κ1) is 19.8. The van der Waals surface area contributed by atoms with E-state index >= 15 is 0 Å². The molecule has 0 unspecified atom stereocenters. The highest BCUT2D eigenvalue weighted by atomic mass is 19.1. The van der Waals surface area contributed by atoms with E-state index in [1.54, 1.807) is 6.92 Å². The van der Waals surface area contributed by atoms with Crippen LogP contribution < -0.4 is 10.6 Å². The van der Waals surface area contributed by atoms with Gasteiger partial charge in [-0.05, 0) is 39.2 Å². The predicted molar refractivity (Wildman–Crippen MR) is 101 cm³/mol. The summed E-state index contributed by atoms with van der Waals surface area (Å²) >= 11 is 0. The van der Waals surface area contributed by atoms with Crippen LogP contribution in [0.1, 0.15) is 51.9 Å². The van der Waals surface area contributed by atoms with Gasteiger partial charge in [0.1, 0.15) is 0 Å². The largest absolute Gasteiger partial charge is 0.352 e. The van der Waals surface area contributed by atoms with Gasteiger partial charge in [0.2, 0.25) is 17.8 Å². The number of carbonyl (C=O) groups excluding carboxylic acids is 1. The Morgan fingerprint density at radius 2 is 1.81 bits per heavy atom. The van der Waals surface area contributed by atoms with Gasteiger partial charge >= 0.3 is 0 Å². The summed E-state index contributed by atoms with van der Waals surface area (Å²) < 4.78 is 14.3. The molecule has 0 saturated heterocycles. The average molecular weight is 359 g/mol. The molecule has 2 N–H and O–H groups in total. The number of anilines is 2. The highest BCUT2D eigenvalue weighted by Crippen LogP contribution is 2.23. The van der Waals surface area contributed by atoms with Crippen molar-refractivity contribution < 1.29 is 9.18 Å². The number of halogens is 1. The molecule has 0 saturated carbocycles. The Morgan fingerprint density at radius 3 is 2.42 bits per heavy atom. The molecule has 140 valence electrons. The molecule has 6 nitrogen and oxygen atoms in total. The summed E-state index contributed by atoms with van der Waals surface area (Å²) in [5.41, 5.74) is -0.489. The highest BCUT2D eigenvalue weighted by Gasteiger charge is 2.25. The molecule has 1 atom stereocenters. The molecule has 0 aliphatic carbocycles. The van der Waals surface area contributed by atoms with Gasteiger partial charge in [-0.3, -0.25) is 10.1 Å². The molecule has 0 fully saturated rings. The summed E-state index contributed by atoms with van der Waals surface area (Å²) in [7, 11) is 0. The number of hydrogen-bond acceptors (Lipinski definition) is 5. The molecule has 1 aromatic heterocycles. The smallest absolute Gasteiger partial charge is 0.234 e. The van der Waals surface area contributed by atoms with E-state index in [1.165, 1.54) is 19.4 Å². The maximum absolute atomic E-state index is 14.3. The first-order valence-corrected chi connectivity index (χ1v) is 8.83. The fraction of sp³-hybridized carbons (Fsp3) is 0.474. The topological polar surface area (TPSA) is 79.8 Å². The number of aryl methyl sites for hydroxylation is 1. The third-order valence-electron chi connectivity index (χ3n) is 3.82. The van der Waals surface area contributed by atoms with Crippen molar-refractivity contribution in [3.8, 4) is 0 Å². The summed E-state index contributed by atoms with van der Waals surface area (Å²) in [5.74, 6) is 0.0663. The Hall–Kier alpha value is -2.57. The van der Waals surface area contributed by atoms with Gasteiger partial charge in [-0.2, -0.15) is 15.0 Å². The molecule has 0 aliphatic rings. The van der Waals surface area contributed by atoms with Crippen LogP contribution in [0.4, 0.5) is 16.3 Å². The van der Waals surface area contributed by atoms with Gasteiger partial charge in [-0.25, -0.2) is 4.39 Å². The number of hydrogen-bond donors (Lipinski definition) is 2. The van der Waals surface area contributed by atoms with Crippen LogP contribution in [0.3, 0.4) is 0 Å². The molecular formula is C19H26FN5O. The van der Waals surface area contributed by atoms with Gasteiger partial charge in [-0.15, -0.1) is 0 Å². The molecule has 0 radical (unpaired) electrons. The minimum Gasteiger partial charge on any atom is -0.352 e. The maximum atomic E-state index is 14.3. The number of nitrogens with one attached hydrogen (secondary N) is 2. The third-order valence-corrected chi connectivity index (χ3v) is 3.82. The predicted octanol–water partition coefficient (Wildman–Crippen LogP) is 3.86. The van der Waals surface area contributed by atoms with E-state index in [0.717, 1.165) is 12.8 Å². The van der Waals surface area contributed by atoms with Crippen LogP contribution >= 0.6 is 0 Å². The number of rotatable bonds is 8. The zero-order valence-electron chi connectivity index (χ0n) is 15.7. The van der Waals surface area contributed by atoms with Crippen molar-refractivity contribution in [2.24, 2.45) is 0 Å². The van der Waals surface area contributed by atoms with E-state index in [4.69, 9.17) is 0 Å².